The molecule has 2 nitrogen and oxygen atoms in total. The molecule has 0 fully saturated rings. The third-order valence-corrected chi connectivity index (χ3v) is 5.73. The second-order valence-electron chi connectivity index (χ2n) is 5.04. The molecule has 1 heterocycles. The van der Waals surface area contributed by atoms with Crippen molar-refractivity contribution in [2.24, 2.45) is 0 Å². The number of hydrogen-bond acceptors (Lipinski definition) is 2. The molecular formula is C18H12O2S. The van der Waals surface area contributed by atoms with Crippen LogP contribution in [0.15, 0.2) is 82.6 Å². The van der Waals surface area contributed by atoms with Gasteiger partial charge < -0.3 is 0 Å². The Morgan fingerprint density at radius 2 is 0.810 bits per heavy atom. The Kier molecular flexibility index (Phi) is 2.53. The smallest absolute Gasteiger partial charge is 0.207 e. The summed E-state index contributed by atoms with van der Waals surface area (Å²) in [6.45, 7) is 0. The van der Waals surface area contributed by atoms with Gasteiger partial charge in [0.05, 0.1) is 9.79 Å². The summed E-state index contributed by atoms with van der Waals surface area (Å²) in [7, 11) is -3.51. The number of benzene rings is 3. The van der Waals surface area contributed by atoms with E-state index in [1.807, 2.05) is 48.5 Å². The SMILES string of the molecule is O=S1(=O)c2ccccc2-c2ccccc2-c2ccccc21. The number of sulfone groups is 1. The van der Waals surface area contributed by atoms with Gasteiger partial charge in [-0.3, -0.25) is 0 Å². The lowest BCUT2D eigenvalue weighted by Gasteiger charge is -2.08. The Morgan fingerprint density at radius 1 is 0.476 bits per heavy atom. The van der Waals surface area contributed by atoms with Crippen LogP contribution in [0.25, 0.3) is 22.3 Å². The van der Waals surface area contributed by atoms with E-state index in [-0.39, 0.29) is 0 Å². The molecule has 0 aliphatic carbocycles. The van der Waals surface area contributed by atoms with Crippen LogP contribution < -0.4 is 0 Å². The van der Waals surface area contributed by atoms with Crippen LogP contribution in [-0.2, 0) is 9.84 Å². The minimum Gasteiger partial charge on any atom is -0.218 e. The first-order valence-corrected chi connectivity index (χ1v) is 8.21. The highest BCUT2D eigenvalue weighted by atomic mass is 32.2. The highest BCUT2D eigenvalue weighted by molar-refractivity contribution is 7.91. The van der Waals surface area contributed by atoms with Gasteiger partial charge in [0.15, 0.2) is 0 Å². The lowest BCUT2D eigenvalue weighted by molar-refractivity contribution is 0.597. The zero-order chi connectivity index (χ0) is 14.4. The molecule has 0 radical (unpaired) electrons. The van der Waals surface area contributed by atoms with Gasteiger partial charge in [0.25, 0.3) is 0 Å². The Balaban J connectivity index is 2.27. The average molecular weight is 292 g/mol. The predicted molar refractivity (Wildman–Crippen MR) is 82.8 cm³/mol. The first-order valence-electron chi connectivity index (χ1n) is 6.72. The van der Waals surface area contributed by atoms with Gasteiger partial charge in [-0.15, -0.1) is 0 Å². The number of fused-ring (bicyclic) bond motifs is 5. The predicted octanol–water partition coefficient (Wildman–Crippen LogP) is 4.17. The van der Waals surface area contributed by atoms with E-state index in [9.17, 15) is 8.42 Å². The lowest BCUT2D eigenvalue weighted by Crippen LogP contribution is -2.02. The van der Waals surface area contributed by atoms with Crippen molar-refractivity contribution in [3.05, 3.63) is 72.8 Å². The first kappa shape index (κ1) is 12.4. The quantitative estimate of drug-likeness (QED) is 0.487. The van der Waals surface area contributed by atoms with E-state index in [2.05, 4.69) is 0 Å². The summed E-state index contributed by atoms with van der Waals surface area (Å²) in [5, 5.41) is 0. The van der Waals surface area contributed by atoms with Gasteiger partial charge in [-0.25, -0.2) is 8.42 Å². The zero-order valence-corrected chi connectivity index (χ0v) is 12.0. The van der Waals surface area contributed by atoms with Crippen LogP contribution in [0.1, 0.15) is 0 Å². The van der Waals surface area contributed by atoms with Crippen molar-refractivity contribution in [3.8, 4) is 22.3 Å². The fourth-order valence-corrected chi connectivity index (χ4v) is 4.61. The minimum absolute atomic E-state index is 0.377. The molecule has 4 rings (SSSR count). The molecule has 0 unspecified atom stereocenters. The molecule has 1 aliphatic rings. The second kappa shape index (κ2) is 4.30. The largest absolute Gasteiger partial charge is 0.218 e. The molecule has 3 aromatic rings. The van der Waals surface area contributed by atoms with Crippen molar-refractivity contribution in [2.45, 2.75) is 9.79 Å². The van der Waals surface area contributed by atoms with Crippen LogP contribution >= 0.6 is 0 Å². The summed E-state index contributed by atoms with van der Waals surface area (Å²) >= 11 is 0. The Morgan fingerprint density at radius 3 is 1.24 bits per heavy atom. The first-order chi connectivity index (χ1) is 10.2. The molecule has 3 aromatic carbocycles. The summed E-state index contributed by atoms with van der Waals surface area (Å²) in [6.07, 6.45) is 0. The van der Waals surface area contributed by atoms with Crippen molar-refractivity contribution in [2.75, 3.05) is 0 Å². The van der Waals surface area contributed by atoms with Crippen molar-refractivity contribution in [1.29, 1.82) is 0 Å². The van der Waals surface area contributed by atoms with Crippen molar-refractivity contribution in [3.63, 3.8) is 0 Å². The molecule has 0 saturated carbocycles. The topological polar surface area (TPSA) is 34.1 Å². The molecule has 0 bridgehead atoms. The van der Waals surface area contributed by atoms with Crippen LogP contribution in [0.3, 0.4) is 0 Å². The maximum atomic E-state index is 13.0. The molecule has 1 aliphatic heterocycles. The fraction of sp³-hybridized carbons (Fsp3) is 0. The van der Waals surface area contributed by atoms with E-state index in [1.165, 1.54) is 0 Å². The molecule has 0 aromatic heterocycles. The number of rotatable bonds is 0. The fourth-order valence-electron chi connectivity index (χ4n) is 2.92. The Bertz CT molecular complexity index is 884. The second-order valence-corrected chi connectivity index (χ2v) is 6.93. The van der Waals surface area contributed by atoms with E-state index in [0.29, 0.717) is 9.79 Å². The summed E-state index contributed by atoms with van der Waals surface area (Å²) in [4.78, 5) is 0.754. The Labute approximate surface area is 123 Å². The van der Waals surface area contributed by atoms with Gasteiger partial charge in [-0.1, -0.05) is 60.7 Å². The van der Waals surface area contributed by atoms with Crippen LogP contribution in [0.4, 0.5) is 0 Å². The van der Waals surface area contributed by atoms with Crippen molar-refractivity contribution >= 4 is 9.84 Å². The molecule has 0 spiro atoms. The molecule has 0 atom stereocenters. The molecule has 21 heavy (non-hydrogen) atoms. The van der Waals surface area contributed by atoms with E-state index in [4.69, 9.17) is 0 Å². The van der Waals surface area contributed by atoms with Crippen LogP contribution in [0.5, 0.6) is 0 Å². The van der Waals surface area contributed by atoms with Crippen LogP contribution in [0, 0.1) is 0 Å². The molecule has 3 heteroatoms. The lowest BCUT2D eigenvalue weighted by atomic mass is 9.95. The van der Waals surface area contributed by atoms with Gasteiger partial charge >= 0.3 is 0 Å². The average Bonchev–Trinajstić information content (AvgIpc) is 2.62. The highest BCUT2D eigenvalue weighted by Crippen LogP contribution is 2.43. The van der Waals surface area contributed by atoms with Gasteiger partial charge in [0.2, 0.25) is 9.84 Å². The van der Waals surface area contributed by atoms with E-state index < -0.39 is 9.84 Å². The van der Waals surface area contributed by atoms with Crippen LogP contribution in [-0.4, -0.2) is 8.42 Å². The maximum Gasteiger partial charge on any atom is 0.207 e. The third kappa shape index (κ3) is 1.68. The zero-order valence-electron chi connectivity index (χ0n) is 11.2. The van der Waals surface area contributed by atoms with Gasteiger partial charge in [0, 0.05) is 11.1 Å². The molecule has 0 saturated heterocycles. The van der Waals surface area contributed by atoms with E-state index in [1.54, 1.807) is 24.3 Å². The van der Waals surface area contributed by atoms with E-state index >= 15 is 0 Å². The Hall–Kier alpha value is -2.39. The molecule has 0 N–H and O–H groups in total. The molecule has 102 valence electrons. The van der Waals surface area contributed by atoms with Crippen molar-refractivity contribution < 1.29 is 8.42 Å². The summed E-state index contributed by atoms with van der Waals surface area (Å²) in [6, 6.07) is 22.2. The summed E-state index contributed by atoms with van der Waals surface area (Å²) < 4.78 is 26.0. The van der Waals surface area contributed by atoms with Crippen molar-refractivity contribution in [1.82, 2.24) is 0 Å². The standard InChI is InChI=1S/C18H12O2S/c19-21(20)17-11-5-3-9-15(17)13-7-1-2-8-14(13)16-10-4-6-12-18(16)21/h1-12H. The van der Waals surface area contributed by atoms with Crippen LogP contribution in [0.2, 0.25) is 0 Å². The summed E-state index contributed by atoms with van der Waals surface area (Å²) in [5.41, 5.74) is 3.46. The van der Waals surface area contributed by atoms with Gasteiger partial charge in [0.1, 0.15) is 0 Å². The molecular weight excluding hydrogens is 280 g/mol. The highest BCUT2D eigenvalue weighted by Gasteiger charge is 2.29. The minimum atomic E-state index is -3.51. The van der Waals surface area contributed by atoms with Gasteiger partial charge in [-0.05, 0) is 23.3 Å². The molecule has 0 amide bonds. The normalized spacial score (nSPS) is 14.5. The maximum absolute atomic E-state index is 13.0. The van der Waals surface area contributed by atoms with Gasteiger partial charge in [-0.2, -0.15) is 0 Å². The number of hydrogen-bond donors (Lipinski definition) is 0. The monoisotopic (exact) mass is 292 g/mol. The summed E-state index contributed by atoms with van der Waals surface area (Å²) in [5.74, 6) is 0. The third-order valence-electron chi connectivity index (χ3n) is 3.86. The van der Waals surface area contributed by atoms with E-state index in [0.717, 1.165) is 22.3 Å².